The number of likely N-dealkylation sites (tertiary alicyclic amines) is 1. The molecular weight excluding hydrogens is 260 g/mol. The summed E-state index contributed by atoms with van der Waals surface area (Å²) in [7, 11) is 0. The fourth-order valence-electron chi connectivity index (χ4n) is 2.56. The van der Waals surface area contributed by atoms with E-state index in [4.69, 9.17) is 0 Å². The SMILES string of the molecule is O=C1CN(C(c2cccc(F)c2)c2cccc(F)c2)C1. The third kappa shape index (κ3) is 2.47. The second kappa shape index (κ2) is 5.13. The predicted octanol–water partition coefficient (Wildman–Crippen LogP) is 2.94. The number of halogens is 2. The minimum absolute atomic E-state index is 0.141. The summed E-state index contributed by atoms with van der Waals surface area (Å²) in [5, 5.41) is 0. The Hall–Kier alpha value is -2.07. The molecule has 0 radical (unpaired) electrons. The van der Waals surface area contributed by atoms with E-state index in [1.54, 1.807) is 24.3 Å². The molecule has 2 nitrogen and oxygen atoms in total. The molecule has 20 heavy (non-hydrogen) atoms. The molecule has 1 aliphatic rings. The van der Waals surface area contributed by atoms with Gasteiger partial charge in [-0.2, -0.15) is 0 Å². The van der Waals surface area contributed by atoms with Gasteiger partial charge >= 0.3 is 0 Å². The van der Waals surface area contributed by atoms with E-state index < -0.39 is 0 Å². The minimum atomic E-state index is -0.337. The largest absolute Gasteiger partial charge is 0.297 e. The van der Waals surface area contributed by atoms with Crippen LogP contribution in [-0.2, 0) is 4.79 Å². The van der Waals surface area contributed by atoms with Gasteiger partial charge in [0.25, 0.3) is 0 Å². The van der Waals surface area contributed by atoms with Gasteiger partial charge in [-0.05, 0) is 35.4 Å². The molecule has 0 bridgehead atoms. The molecule has 2 aromatic rings. The van der Waals surface area contributed by atoms with Crippen LogP contribution in [0.1, 0.15) is 17.2 Å². The molecule has 0 aliphatic carbocycles. The van der Waals surface area contributed by atoms with Crippen molar-refractivity contribution in [1.82, 2.24) is 4.90 Å². The average Bonchev–Trinajstić information content (AvgIpc) is 2.37. The predicted molar refractivity (Wildman–Crippen MR) is 71.2 cm³/mol. The summed E-state index contributed by atoms with van der Waals surface area (Å²) < 4.78 is 26.9. The number of carbonyl (C=O) groups excluding carboxylic acids is 1. The van der Waals surface area contributed by atoms with Crippen LogP contribution in [0.3, 0.4) is 0 Å². The van der Waals surface area contributed by atoms with Crippen molar-refractivity contribution < 1.29 is 13.6 Å². The van der Waals surface area contributed by atoms with E-state index in [0.717, 1.165) is 11.1 Å². The highest BCUT2D eigenvalue weighted by atomic mass is 19.1. The number of rotatable bonds is 3. The zero-order valence-electron chi connectivity index (χ0n) is 10.7. The zero-order chi connectivity index (χ0) is 14.1. The van der Waals surface area contributed by atoms with Crippen molar-refractivity contribution in [2.45, 2.75) is 6.04 Å². The standard InChI is InChI=1S/C16H13F2NO/c17-13-5-1-3-11(7-13)16(19-9-15(20)10-19)12-4-2-6-14(18)8-12/h1-8,16H,9-10H2. The molecule has 0 atom stereocenters. The van der Waals surface area contributed by atoms with Crippen LogP contribution in [0, 0.1) is 11.6 Å². The third-order valence-electron chi connectivity index (χ3n) is 3.45. The van der Waals surface area contributed by atoms with Crippen LogP contribution >= 0.6 is 0 Å². The molecule has 1 saturated heterocycles. The molecule has 1 fully saturated rings. The number of nitrogens with zero attached hydrogens (tertiary/aromatic N) is 1. The first kappa shape index (κ1) is 12.9. The summed E-state index contributed by atoms with van der Waals surface area (Å²) in [6, 6.07) is 12.1. The molecule has 1 heterocycles. The Labute approximate surface area is 115 Å². The lowest BCUT2D eigenvalue weighted by Gasteiger charge is -2.37. The van der Waals surface area contributed by atoms with E-state index in [1.165, 1.54) is 24.3 Å². The maximum absolute atomic E-state index is 13.4. The first-order valence-electron chi connectivity index (χ1n) is 6.40. The number of Topliss-reactive ketones (excluding diaryl/α,β-unsaturated/α-hetero) is 1. The summed E-state index contributed by atoms with van der Waals surface area (Å²) in [4.78, 5) is 13.1. The summed E-state index contributed by atoms with van der Waals surface area (Å²) in [6.45, 7) is 0.634. The van der Waals surface area contributed by atoms with Crippen LogP contribution in [-0.4, -0.2) is 23.8 Å². The fourth-order valence-corrected chi connectivity index (χ4v) is 2.56. The smallest absolute Gasteiger partial charge is 0.160 e. The van der Waals surface area contributed by atoms with Crippen LogP contribution < -0.4 is 0 Å². The lowest BCUT2D eigenvalue weighted by Crippen LogP contribution is -2.49. The second-order valence-corrected chi connectivity index (χ2v) is 4.96. The van der Waals surface area contributed by atoms with Gasteiger partial charge in [-0.25, -0.2) is 8.78 Å². The number of hydrogen-bond donors (Lipinski definition) is 0. The van der Waals surface area contributed by atoms with Crippen molar-refractivity contribution in [2.75, 3.05) is 13.1 Å². The maximum Gasteiger partial charge on any atom is 0.160 e. The molecule has 102 valence electrons. The molecular formula is C16H13F2NO. The summed E-state index contributed by atoms with van der Waals surface area (Å²) in [6.07, 6.45) is 0. The van der Waals surface area contributed by atoms with Crippen molar-refractivity contribution in [1.29, 1.82) is 0 Å². The first-order valence-corrected chi connectivity index (χ1v) is 6.40. The van der Waals surface area contributed by atoms with Crippen molar-refractivity contribution in [2.24, 2.45) is 0 Å². The van der Waals surface area contributed by atoms with Gasteiger partial charge in [0.1, 0.15) is 11.6 Å². The molecule has 1 aliphatic heterocycles. The van der Waals surface area contributed by atoms with Gasteiger partial charge in [-0.1, -0.05) is 24.3 Å². The Morgan fingerprint density at radius 3 is 1.80 bits per heavy atom. The highest BCUT2D eigenvalue weighted by molar-refractivity contribution is 5.88. The number of carbonyl (C=O) groups is 1. The molecule has 0 N–H and O–H groups in total. The van der Waals surface area contributed by atoms with Crippen molar-refractivity contribution in [3.05, 3.63) is 71.3 Å². The van der Waals surface area contributed by atoms with E-state index in [0.29, 0.717) is 13.1 Å². The first-order chi connectivity index (χ1) is 9.63. The number of hydrogen-bond acceptors (Lipinski definition) is 2. The summed E-state index contributed by atoms with van der Waals surface area (Å²) >= 11 is 0. The van der Waals surface area contributed by atoms with Crippen molar-refractivity contribution >= 4 is 5.78 Å². The second-order valence-electron chi connectivity index (χ2n) is 4.96. The van der Waals surface area contributed by atoms with E-state index in [9.17, 15) is 13.6 Å². The van der Waals surface area contributed by atoms with Gasteiger partial charge in [0.05, 0.1) is 19.1 Å². The monoisotopic (exact) mass is 273 g/mol. The Balaban J connectivity index is 2.02. The maximum atomic E-state index is 13.4. The molecule has 0 amide bonds. The number of benzene rings is 2. The van der Waals surface area contributed by atoms with Gasteiger partial charge in [-0.15, -0.1) is 0 Å². The highest BCUT2D eigenvalue weighted by Crippen LogP contribution is 2.31. The van der Waals surface area contributed by atoms with E-state index in [-0.39, 0.29) is 23.5 Å². The Kier molecular flexibility index (Phi) is 3.32. The van der Waals surface area contributed by atoms with Gasteiger partial charge in [0, 0.05) is 0 Å². The van der Waals surface area contributed by atoms with E-state index in [2.05, 4.69) is 0 Å². The van der Waals surface area contributed by atoms with Crippen molar-refractivity contribution in [3.63, 3.8) is 0 Å². The normalized spacial score (nSPS) is 15.4. The van der Waals surface area contributed by atoms with Gasteiger partial charge in [-0.3, -0.25) is 9.69 Å². The van der Waals surface area contributed by atoms with Crippen LogP contribution in [0.25, 0.3) is 0 Å². The third-order valence-corrected chi connectivity index (χ3v) is 3.45. The van der Waals surface area contributed by atoms with E-state index in [1.807, 2.05) is 4.90 Å². The van der Waals surface area contributed by atoms with Gasteiger partial charge in [0.15, 0.2) is 5.78 Å². The molecule has 0 aromatic heterocycles. The Morgan fingerprint density at radius 1 is 0.900 bits per heavy atom. The minimum Gasteiger partial charge on any atom is -0.297 e. The lowest BCUT2D eigenvalue weighted by molar-refractivity contribution is -0.130. The summed E-state index contributed by atoms with van der Waals surface area (Å²) in [5.74, 6) is -0.533. The quantitative estimate of drug-likeness (QED) is 0.857. The van der Waals surface area contributed by atoms with Crippen molar-refractivity contribution in [3.8, 4) is 0 Å². The van der Waals surface area contributed by atoms with Gasteiger partial charge in [0.2, 0.25) is 0 Å². The molecule has 0 spiro atoms. The molecule has 2 aromatic carbocycles. The highest BCUT2D eigenvalue weighted by Gasteiger charge is 2.32. The number of ketones is 1. The summed E-state index contributed by atoms with van der Waals surface area (Å²) in [5.41, 5.74) is 1.45. The van der Waals surface area contributed by atoms with E-state index >= 15 is 0 Å². The van der Waals surface area contributed by atoms with Crippen LogP contribution in [0.2, 0.25) is 0 Å². The van der Waals surface area contributed by atoms with Crippen LogP contribution in [0.5, 0.6) is 0 Å². The molecule has 0 saturated carbocycles. The zero-order valence-corrected chi connectivity index (χ0v) is 10.7. The van der Waals surface area contributed by atoms with Crippen LogP contribution in [0.4, 0.5) is 8.78 Å². The average molecular weight is 273 g/mol. The topological polar surface area (TPSA) is 20.3 Å². The van der Waals surface area contributed by atoms with Gasteiger partial charge < -0.3 is 0 Å². The van der Waals surface area contributed by atoms with Crippen LogP contribution in [0.15, 0.2) is 48.5 Å². The molecule has 3 rings (SSSR count). The lowest BCUT2D eigenvalue weighted by atomic mass is 9.94. The Bertz CT molecular complexity index is 603. The fraction of sp³-hybridized carbons (Fsp3) is 0.188. The molecule has 4 heteroatoms. The molecule has 0 unspecified atom stereocenters. The Morgan fingerprint density at radius 2 is 1.40 bits per heavy atom.